The molecule has 2 N–H and O–H groups in total. The lowest BCUT2D eigenvalue weighted by Crippen LogP contribution is -2.44. The van der Waals surface area contributed by atoms with E-state index >= 15 is 0 Å². The van der Waals surface area contributed by atoms with Gasteiger partial charge in [0.25, 0.3) is 5.91 Å². The zero-order chi connectivity index (χ0) is 13.3. The highest BCUT2D eigenvalue weighted by Gasteiger charge is 2.28. The van der Waals surface area contributed by atoms with E-state index in [2.05, 4.69) is 10.7 Å². The van der Waals surface area contributed by atoms with Crippen molar-refractivity contribution < 1.29 is 14.4 Å². The number of carbonyl (C=O) groups is 3. The van der Waals surface area contributed by atoms with Gasteiger partial charge in [-0.2, -0.15) is 0 Å². The third kappa shape index (κ3) is 2.32. The van der Waals surface area contributed by atoms with E-state index in [1.165, 1.54) is 0 Å². The Morgan fingerprint density at radius 3 is 2.56 bits per heavy atom. The van der Waals surface area contributed by atoms with Crippen LogP contribution in [0.1, 0.15) is 21.5 Å². The van der Waals surface area contributed by atoms with Gasteiger partial charge in [-0.1, -0.05) is 6.07 Å². The van der Waals surface area contributed by atoms with Gasteiger partial charge in [0, 0.05) is 5.56 Å². The molecule has 0 aromatic heterocycles. The summed E-state index contributed by atoms with van der Waals surface area (Å²) >= 11 is 0. The fourth-order valence-electron chi connectivity index (χ4n) is 1.60. The lowest BCUT2D eigenvalue weighted by atomic mass is 10.1. The van der Waals surface area contributed by atoms with Gasteiger partial charge in [-0.25, -0.2) is 9.80 Å². The molecule has 1 fully saturated rings. The Labute approximate surface area is 104 Å². The van der Waals surface area contributed by atoms with E-state index in [4.69, 9.17) is 0 Å². The SMILES string of the molecule is Cc1ccc(C(=O)NN2CC(=O)NC2=O)cc1C. The molecule has 6 heteroatoms. The fourth-order valence-corrected chi connectivity index (χ4v) is 1.60. The highest BCUT2D eigenvalue weighted by atomic mass is 16.2. The van der Waals surface area contributed by atoms with Gasteiger partial charge in [0.2, 0.25) is 5.91 Å². The van der Waals surface area contributed by atoms with E-state index in [0.717, 1.165) is 16.1 Å². The first-order chi connectivity index (χ1) is 8.47. The number of rotatable bonds is 2. The predicted octanol–water partition coefficient (Wildman–Crippen LogP) is 0.500. The number of carbonyl (C=O) groups excluding carboxylic acids is 3. The third-order valence-electron chi connectivity index (χ3n) is 2.80. The number of aryl methyl sites for hydroxylation is 2. The number of urea groups is 1. The maximum Gasteiger partial charge on any atom is 0.343 e. The summed E-state index contributed by atoms with van der Waals surface area (Å²) in [6.07, 6.45) is 0. The van der Waals surface area contributed by atoms with E-state index in [9.17, 15) is 14.4 Å². The summed E-state index contributed by atoms with van der Waals surface area (Å²) in [5.41, 5.74) is 4.91. The lowest BCUT2D eigenvalue weighted by molar-refractivity contribution is -0.118. The van der Waals surface area contributed by atoms with Gasteiger partial charge in [0.05, 0.1) is 0 Å². The molecule has 0 aliphatic carbocycles. The molecule has 4 amide bonds. The first-order valence-electron chi connectivity index (χ1n) is 5.47. The molecule has 0 atom stereocenters. The predicted molar refractivity (Wildman–Crippen MR) is 63.6 cm³/mol. The summed E-state index contributed by atoms with van der Waals surface area (Å²) in [6, 6.07) is 4.63. The van der Waals surface area contributed by atoms with Crippen LogP contribution in [0.15, 0.2) is 18.2 Å². The standard InChI is InChI=1S/C12H13N3O3/c1-7-3-4-9(5-8(7)2)11(17)14-15-6-10(16)13-12(15)18/h3-5H,6H2,1-2H3,(H,14,17)(H,13,16,18). The van der Waals surface area contributed by atoms with Crippen molar-refractivity contribution in [1.82, 2.24) is 15.8 Å². The second-order valence-electron chi connectivity index (χ2n) is 4.18. The zero-order valence-electron chi connectivity index (χ0n) is 10.1. The van der Waals surface area contributed by atoms with Gasteiger partial charge in [0.15, 0.2) is 0 Å². The van der Waals surface area contributed by atoms with E-state index in [1.807, 2.05) is 19.9 Å². The van der Waals surface area contributed by atoms with Crippen LogP contribution in [0, 0.1) is 13.8 Å². The number of nitrogens with one attached hydrogen (secondary N) is 2. The van der Waals surface area contributed by atoms with Crippen molar-refractivity contribution in [1.29, 1.82) is 0 Å². The lowest BCUT2D eigenvalue weighted by Gasteiger charge is -2.14. The molecule has 1 heterocycles. The summed E-state index contributed by atoms with van der Waals surface area (Å²) in [6.45, 7) is 3.69. The summed E-state index contributed by atoms with van der Waals surface area (Å²) in [5, 5.41) is 3.04. The molecule has 0 spiro atoms. The first kappa shape index (κ1) is 12.1. The highest BCUT2D eigenvalue weighted by Crippen LogP contribution is 2.10. The Kier molecular flexibility index (Phi) is 3.01. The number of benzene rings is 1. The fraction of sp³-hybridized carbons (Fsp3) is 0.250. The summed E-state index contributed by atoms with van der Waals surface area (Å²) in [5.74, 6) is -0.844. The van der Waals surface area contributed by atoms with Gasteiger partial charge >= 0.3 is 6.03 Å². The number of imide groups is 1. The van der Waals surface area contributed by atoms with Crippen LogP contribution in [0.5, 0.6) is 0 Å². The smallest absolute Gasteiger partial charge is 0.275 e. The number of hydrogen-bond donors (Lipinski definition) is 2. The number of amides is 4. The minimum Gasteiger partial charge on any atom is -0.275 e. The van der Waals surface area contributed by atoms with Crippen molar-refractivity contribution in [3.8, 4) is 0 Å². The average molecular weight is 247 g/mol. The Bertz CT molecular complexity index is 539. The Balaban J connectivity index is 2.10. The molecule has 2 rings (SSSR count). The van der Waals surface area contributed by atoms with Crippen LogP contribution in [0.25, 0.3) is 0 Å². The highest BCUT2D eigenvalue weighted by molar-refractivity contribution is 6.04. The van der Waals surface area contributed by atoms with Crippen molar-refractivity contribution in [2.75, 3.05) is 6.54 Å². The van der Waals surface area contributed by atoms with Gasteiger partial charge in [0.1, 0.15) is 6.54 Å². The molecule has 1 aromatic rings. The van der Waals surface area contributed by atoms with E-state index in [0.29, 0.717) is 5.56 Å². The molecule has 0 bridgehead atoms. The average Bonchev–Trinajstić information content (AvgIpc) is 2.61. The molecule has 94 valence electrons. The van der Waals surface area contributed by atoms with Crippen molar-refractivity contribution in [2.24, 2.45) is 0 Å². The molecule has 1 aromatic carbocycles. The molecular weight excluding hydrogens is 234 g/mol. The summed E-state index contributed by atoms with van der Waals surface area (Å²) in [7, 11) is 0. The van der Waals surface area contributed by atoms with Crippen LogP contribution in [0.2, 0.25) is 0 Å². The first-order valence-corrected chi connectivity index (χ1v) is 5.47. The van der Waals surface area contributed by atoms with Crippen molar-refractivity contribution in [3.63, 3.8) is 0 Å². The Morgan fingerprint density at radius 2 is 2.00 bits per heavy atom. The van der Waals surface area contributed by atoms with Gasteiger partial charge in [-0.05, 0) is 37.1 Å². The molecule has 0 radical (unpaired) electrons. The number of nitrogens with zero attached hydrogens (tertiary/aromatic N) is 1. The largest absolute Gasteiger partial charge is 0.343 e. The summed E-state index contributed by atoms with van der Waals surface area (Å²) < 4.78 is 0. The van der Waals surface area contributed by atoms with E-state index in [1.54, 1.807) is 12.1 Å². The van der Waals surface area contributed by atoms with Crippen LogP contribution in [0.3, 0.4) is 0 Å². The van der Waals surface area contributed by atoms with Gasteiger partial charge < -0.3 is 0 Å². The molecule has 0 unspecified atom stereocenters. The monoisotopic (exact) mass is 247 g/mol. The third-order valence-corrected chi connectivity index (χ3v) is 2.80. The van der Waals surface area contributed by atoms with Crippen molar-refractivity contribution in [2.45, 2.75) is 13.8 Å². The quantitative estimate of drug-likeness (QED) is 0.747. The normalized spacial score (nSPS) is 14.7. The molecule has 1 saturated heterocycles. The van der Waals surface area contributed by atoms with E-state index in [-0.39, 0.29) is 6.54 Å². The van der Waals surface area contributed by atoms with E-state index < -0.39 is 17.8 Å². The Morgan fingerprint density at radius 1 is 1.28 bits per heavy atom. The minimum absolute atomic E-state index is 0.157. The second kappa shape index (κ2) is 4.48. The van der Waals surface area contributed by atoms with Gasteiger partial charge in [-0.15, -0.1) is 0 Å². The second-order valence-corrected chi connectivity index (χ2v) is 4.18. The van der Waals surface area contributed by atoms with Crippen LogP contribution in [0.4, 0.5) is 4.79 Å². The van der Waals surface area contributed by atoms with Crippen LogP contribution in [-0.4, -0.2) is 29.4 Å². The number of hydrazine groups is 1. The molecule has 6 nitrogen and oxygen atoms in total. The maximum atomic E-state index is 11.9. The molecule has 18 heavy (non-hydrogen) atoms. The van der Waals surface area contributed by atoms with Crippen LogP contribution >= 0.6 is 0 Å². The van der Waals surface area contributed by atoms with Crippen LogP contribution in [-0.2, 0) is 4.79 Å². The van der Waals surface area contributed by atoms with Crippen molar-refractivity contribution >= 4 is 17.8 Å². The van der Waals surface area contributed by atoms with Crippen molar-refractivity contribution in [3.05, 3.63) is 34.9 Å². The maximum absolute atomic E-state index is 11.9. The summed E-state index contributed by atoms with van der Waals surface area (Å²) in [4.78, 5) is 34.1. The molecule has 1 aliphatic rings. The molecule has 0 saturated carbocycles. The number of hydrogen-bond acceptors (Lipinski definition) is 3. The van der Waals surface area contributed by atoms with Crippen LogP contribution < -0.4 is 10.7 Å². The Hall–Kier alpha value is -2.37. The molecule has 1 aliphatic heterocycles. The minimum atomic E-state index is -0.614. The topological polar surface area (TPSA) is 78.5 Å². The van der Waals surface area contributed by atoms with Gasteiger partial charge in [-0.3, -0.25) is 20.3 Å². The molecular formula is C12H13N3O3. The zero-order valence-corrected chi connectivity index (χ0v) is 10.1.